The number of guanidine groups is 1. The Labute approximate surface area is 134 Å². The van der Waals surface area contributed by atoms with Gasteiger partial charge in [-0.2, -0.15) is 0 Å². The number of carbonyl (C=O) groups is 1. The van der Waals surface area contributed by atoms with Gasteiger partial charge in [-0.05, 0) is 47.2 Å². The maximum atomic E-state index is 12.0. The van der Waals surface area contributed by atoms with Crippen LogP contribution in [0.4, 0.5) is 0 Å². The lowest BCUT2D eigenvalue weighted by Crippen LogP contribution is -2.58. The second-order valence-corrected chi connectivity index (χ2v) is 7.30. The second-order valence-electron chi connectivity index (χ2n) is 5.23. The van der Waals surface area contributed by atoms with Crippen molar-refractivity contribution in [2.24, 2.45) is 0 Å². The molecular weight excluding hydrogens is 385 g/mol. The summed E-state index contributed by atoms with van der Waals surface area (Å²) in [6, 6.07) is 6.27. The molecule has 1 aromatic heterocycles. The number of rotatable bonds is 1. The number of hydrogen-bond acceptors (Lipinski definition) is 3. The quantitative estimate of drug-likeness (QED) is 0.725. The Hall–Kier alpha value is -1.15. The first kappa shape index (κ1) is 13.8. The number of halogens is 1. The second kappa shape index (κ2) is 4.70. The van der Waals surface area contributed by atoms with Crippen LogP contribution in [0.2, 0.25) is 0 Å². The third-order valence-corrected chi connectivity index (χ3v) is 6.05. The van der Waals surface area contributed by atoms with Gasteiger partial charge in [-0.1, -0.05) is 6.07 Å². The molecule has 0 spiro atoms. The molecule has 2 heterocycles. The summed E-state index contributed by atoms with van der Waals surface area (Å²) in [6.07, 6.45) is 0.359. The lowest BCUT2D eigenvalue weighted by molar-refractivity contribution is -0.129. The van der Waals surface area contributed by atoms with Crippen molar-refractivity contribution in [3.05, 3.63) is 32.7 Å². The third-order valence-electron chi connectivity index (χ3n) is 3.77. The van der Waals surface area contributed by atoms with Crippen LogP contribution in [-0.4, -0.2) is 23.8 Å². The Morgan fingerprint density at radius 1 is 1.50 bits per heavy atom. The highest BCUT2D eigenvalue weighted by atomic mass is 127. The Balaban J connectivity index is 2.07. The minimum atomic E-state index is -0.514. The molecular formula is C14H14IN3OS. The summed E-state index contributed by atoms with van der Waals surface area (Å²) in [5.74, 6) is 0.125. The average molecular weight is 399 g/mol. The molecule has 2 aromatic rings. The van der Waals surface area contributed by atoms with Gasteiger partial charge in [-0.25, -0.2) is 0 Å². The van der Waals surface area contributed by atoms with Crippen molar-refractivity contribution >= 4 is 55.9 Å². The summed E-state index contributed by atoms with van der Waals surface area (Å²) in [5, 5.41) is 14.4. The van der Waals surface area contributed by atoms with Crippen LogP contribution in [0.3, 0.4) is 0 Å². The third kappa shape index (κ3) is 2.10. The molecule has 6 heteroatoms. The van der Waals surface area contributed by atoms with Crippen LogP contribution < -0.4 is 5.32 Å². The van der Waals surface area contributed by atoms with E-state index in [-0.39, 0.29) is 11.9 Å². The molecule has 1 aliphatic rings. The predicted octanol–water partition coefficient (Wildman–Crippen LogP) is 3.11. The SMILES string of the molecule is CN1C(=N)N[C@](C)(c2ccc3scc(I)c3c2)CC1=O. The van der Waals surface area contributed by atoms with Gasteiger partial charge in [-0.3, -0.25) is 15.1 Å². The molecule has 20 heavy (non-hydrogen) atoms. The molecule has 4 nitrogen and oxygen atoms in total. The number of hydrogen-bond donors (Lipinski definition) is 2. The van der Waals surface area contributed by atoms with E-state index in [1.54, 1.807) is 18.4 Å². The van der Waals surface area contributed by atoms with E-state index in [9.17, 15) is 4.79 Å². The van der Waals surface area contributed by atoms with Gasteiger partial charge in [0.15, 0.2) is 5.96 Å². The van der Waals surface area contributed by atoms with E-state index in [1.165, 1.54) is 18.6 Å². The molecule has 1 atom stereocenters. The number of thiophene rings is 1. The molecule has 0 aliphatic carbocycles. The summed E-state index contributed by atoms with van der Waals surface area (Å²) >= 11 is 4.05. The molecule has 1 amide bonds. The molecule has 2 N–H and O–H groups in total. The fraction of sp³-hybridized carbons (Fsp3) is 0.286. The summed E-state index contributed by atoms with van der Waals surface area (Å²) < 4.78 is 2.47. The minimum absolute atomic E-state index is 0.0311. The van der Waals surface area contributed by atoms with Crippen LogP contribution in [0.25, 0.3) is 10.1 Å². The van der Waals surface area contributed by atoms with Gasteiger partial charge in [0.05, 0.1) is 12.0 Å². The first-order chi connectivity index (χ1) is 9.40. The molecule has 0 bridgehead atoms. The zero-order valence-corrected chi connectivity index (χ0v) is 14.1. The van der Waals surface area contributed by atoms with Crippen LogP contribution in [0, 0.1) is 8.98 Å². The van der Waals surface area contributed by atoms with Crippen molar-refractivity contribution < 1.29 is 4.79 Å². The van der Waals surface area contributed by atoms with E-state index >= 15 is 0 Å². The zero-order valence-electron chi connectivity index (χ0n) is 11.2. The lowest BCUT2D eigenvalue weighted by atomic mass is 9.86. The highest BCUT2D eigenvalue weighted by Gasteiger charge is 2.37. The Kier molecular flexibility index (Phi) is 3.24. The highest BCUT2D eigenvalue weighted by molar-refractivity contribution is 14.1. The average Bonchev–Trinajstić information content (AvgIpc) is 2.77. The van der Waals surface area contributed by atoms with E-state index in [1.807, 2.05) is 13.0 Å². The molecule has 104 valence electrons. The highest BCUT2D eigenvalue weighted by Crippen LogP contribution is 2.34. The van der Waals surface area contributed by atoms with Crippen molar-refractivity contribution in [2.45, 2.75) is 18.9 Å². The first-order valence-electron chi connectivity index (χ1n) is 6.21. The number of nitrogens with zero attached hydrogens (tertiary/aromatic N) is 1. The van der Waals surface area contributed by atoms with Crippen molar-refractivity contribution in [1.29, 1.82) is 5.41 Å². The maximum absolute atomic E-state index is 12.0. The summed E-state index contributed by atoms with van der Waals surface area (Å²) in [4.78, 5) is 13.4. The predicted molar refractivity (Wildman–Crippen MR) is 90.1 cm³/mol. The number of amides is 1. The van der Waals surface area contributed by atoms with E-state index in [2.05, 4.69) is 45.4 Å². The first-order valence-corrected chi connectivity index (χ1v) is 8.17. The van der Waals surface area contributed by atoms with E-state index < -0.39 is 5.54 Å². The Bertz CT molecular complexity index is 706. The van der Waals surface area contributed by atoms with Crippen molar-refractivity contribution in [1.82, 2.24) is 10.2 Å². The monoisotopic (exact) mass is 399 g/mol. The molecule has 1 fully saturated rings. The minimum Gasteiger partial charge on any atom is -0.346 e. The Morgan fingerprint density at radius 3 is 2.95 bits per heavy atom. The van der Waals surface area contributed by atoms with E-state index in [0.29, 0.717) is 6.42 Å². The van der Waals surface area contributed by atoms with Crippen LogP contribution >= 0.6 is 33.9 Å². The van der Waals surface area contributed by atoms with Gasteiger partial charge in [0.2, 0.25) is 5.91 Å². The van der Waals surface area contributed by atoms with Gasteiger partial charge < -0.3 is 5.32 Å². The van der Waals surface area contributed by atoms with Gasteiger partial charge in [0, 0.05) is 26.1 Å². The topological polar surface area (TPSA) is 56.2 Å². The zero-order chi connectivity index (χ0) is 14.5. The molecule has 0 unspecified atom stereocenters. The molecule has 0 radical (unpaired) electrons. The van der Waals surface area contributed by atoms with Gasteiger partial charge in [0.25, 0.3) is 0 Å². The largest absolute Gasteiger partial charge is 0.346 e. The van der Waals surface area contributed by atoms with Crippen LogP contribution in [0.15, 0.2) is 23.6 Å². The van der Waals surface area contributed by atoms with Gasteiger partial charge in [0.1, 0.15) is 0 Å². The van der Waals surface area contributed by atoms with Gasteiger partial charge in [-0.15, -0.1) is 11.3 Å². The molecule has 1 aliphatic heterocycles. The van der Waals surface area contributed by atoms with Crippen molar-refractivity contribution in [3.8, 4) is 0 Å². The van der Waals surface area contributed by atoms with Crippen molar-refractivity contribution in [2.75, 3.05) is 7.05 Å². The standard InChI is InChI=1S/C14H14IN3OS/c1-14(6-12(19)18(2)13(16)17-14)8-3-4-11-9(5-8)10(15)7-20-11/h3-5,7H,6H2,1-2H3,(H2,16,17)/t14-/m0/s1. The summed E-state index contributed by atoms with van der Waals surface area (Å²) in [6.45, 7) is 1.98. The van der Waals surface area contributed by atoms with E-state index in [4.69, 9.17) is 5.41 Å². The number of benzene rings is 1. The van der Waals surface area contributed by atoms with Gasteiger partial charge >= 0.3 is 0 Å². The maximum Gasteiger partial charge on any atom is 0.231 e. The Morgan fingerprint density at radius 2 is 2.25 bits per heavy atom. The van der Waals surface area contributed by atoms with Crippen molar-refractivity contribution in [3.63, 3.8) is 0 Å². The van der Waals surface area contributed by atoms with Crippen LogP contribution in [0.1, 0.15) is 18.9 Å². The number of fused-ring (bicyclic) bond motifs is 1. The fourth-order valence-electron chi connectivity index (χ4n) is 2.45. The van der Waals surface area contributed by atoms with Crippen LogP contribution in [0.5, 0.6) is 0 Å². The molecule has 1 aromatic carbocycles. The molecule has 1 saturated heterocycles. The van der Waals surface area contributed by atoms with Crippen LogP contribution in [-0.2, 0) is 10.3 Å². The normalized spacial score (nSPS) is 23.2. The smallest absolute Gasteiger partial charge is 0.231 e. The lowest BCUT2D eigenvalue weighted by Gasteiger charge is -2.39. The fourth-order valence-corrected chi connectivity index (χ4v) is 4.26. The summed E-state index contributed by atoms with van der Waals surface area (Å²) in [7, 11) is 1.63. The molecule has 3 rings (SSSR count). The number of carbonyl (C=O) groups excluding carboxylic acids is 1. The summed E-state index contributed by atoms with van der Waals surface area (Å²) in [5.41, 5.74) is 0.535. The molecule has 0 saturated carbocycles. The van der Waals surface area contributed by atoms with E-state index in [0.717, 1.165) is 5.56 Å². The number of nitrogens with one attached hydrogen (secondary N) is 2.